The molecule has 0 N–H and O–H groups in total. The molecule has 2 heterocycles. The molecular formula is C22H22NO4+. The third-order valence-corrected chi connectivity index (χ3v) is 4.96. The van der Waals surface area contributed by atoms with Crippen molar-refractivity contribution in [3.8, 4) is 23.0 Å². The normalized spacial score (nSPS) is 11.1. The molecule has 0 bridgehead atoms. The summed E-state index contributed by atoms with van der Waals surface area (Å²) in [5.74, 6) is 2.80. The first kappa shape index (κ1) is 17.2. The highest BCUT2D eigenvalue weighted by Crippen LogP contribution is 2.42. The van der Waals surface area contributed by atoms with E-state index in [2.05, 4.69) is 35.7 Å². The van der Waals surface area contributed by atoms with E-state index in [0.717, 1.165) is 32.9 Å². The Morgan fingerprint density at radius 3 is 2.04 bits per heavy atom. The minimum atomic E-state index is 0.688. The van der Waals surface area contributed by atoms with Crippen LogP contribution in [0.2, 0.25) is 0 Å². The topological polar surface area (TPSA) is 41.0 Å². The lowest BCUT2D eigenvalue weighted by Crippen LogP contribution is -2.23. The molecule has 27 heavy (non-hydrogen) atoms. The van der Waals surface area contributed by atoms with Gasteiger partial charge in [-0.3, -0.25) is 0 Å². The van der Waals surface area contributed by atoms with Crippen molar-refractivity contribution < 1.29 is 23.3 Å². The Kier molecular flexibility index (Phi) is 4.15. The number of aryl methyl sites for hydroxylation is 1. The van der Waals surface area contributed by atoms with Crippen molar-refractivity contribution in [2.75, 3.05) is 28.4 Å². The van der Waals surface area contributed by atoms with Crippen LogP contribution in [0.25, 0.3) is 27.2 Å². The monoisotopic (exact) mass is 364 g/mol. The van der Waals surface area contributed by atoms with Crippen molar-refractivity contribution in [2.24, 2.45) is 0 Å². The van der Waals surface area contributed by atoms with Crippen molar-refractivity contribution in [1.29, 1.82) is 0 Å². The molecule has 2 aromatic carbocycles. The summed E-state index contributed by atoms with van der Waals surface area (Å²) in [5.41, 5.74) is 3.24. The number of nitrogens with zero attached hydrogens (tertiary/aromatic N) is 1. The van der Waals surface area contributed by atoms with Gasteiger partial charge < -0.3 is 18.9 Å². The molecule has 5 heteroatoms. The smallest absolute Gasteiger partial charge is 0.223 e. The number of hydrogen-bond acceptors (Lipinski definition) is 4. The number of pyridine rings is 2. The molecule has 0 aliphatic heterocycles. The first-order valence-corrected chi connectivity index (χ1v) is 8.67. The zero-order valence-corrected chi connectivity index (χ0v) is 16.1. The number of ether oxygens (including phenoxy) is 4. The van der Waals surface area contributed by atoms with Crippen molar-refractivity contribution in [3.63, 3.8) is 0 Å². The van der Waals surface area contributed by atoms with Crippen LogP contribution in [-0.4, -0.2) is 28.4 Å². The summed E-state index contributed by atoms with van der Waals surface area (Å²) in [6.07, 6.45) is 2.07. The predicted molar refractivity (Wildman–Crippen MR) is 106 cm³/mol. The Bertz CT molecular complexity index is 1180. The molecule has 138 valence electrons. The Morgan fingerprint density at radius 2 is 1.37 bits per heavy atom. The molecule has 0 saturated carbocycles. The van der Waals surface area contributed by atoms with E-state index in [0.29, 0.717) is 17.2 Å². The average molecular weight is 364 g/mol. The van der Waals surface area contributed by atoms with Gasteiger partial charge in [-0.25, -0.2) is 0 Å². The molecule has 0 aliphatic rings. The maximum Gasteiger partial charge on any atom is 0.223 e. The van der Waals surface area contributed by atoms with Crippen molar-refractivity contribution in [3.05, 3.63) is 48.2 Å². The Labute approximate surface area is 157 Å². The lowest BCUT2D eigenvalue weighted by Gasteiger charge is -2.14. The van der Waals surface area contributed by atoms with E-state index >= 15 is 0 Å². The van der Waals surface area contributed by atoms with Gasteiger partial charge in [-0.05, 0) is 30.7 Å². The van der Waals surface area contributed by atoms with Crippen molar-refractivity contribution in [1.82, 2.24) is 0 Å². The lowest BCUT2D eigenvalue weighted by atomic mass is 10.0. The highest BCUT2D eigenvalue weighted by Gasteiger charge is 2.23. The van der Waals surface area contributed by atoms with E-state index < -0.39 is 0 Å². The van der Waals surface area contributed by atoms with Crippen LogP contribution in [0.15, 0.2) is 42.6 Å². The summed E-state index contributed by atoms with van der Waals surface area (Å²) in [4.78, 5) is 0. The molecule has 5 nitrogen and oxygen atoms in total. The first-order chi connectivity index (χ1) is 13.1. The fourth-order valence-electron chi connectivity index (χ4n) is 3.70. The van der Waals surface area contributed by atoms with E-state index in [1.807, 2.05) is 18.2 Å². The van der Waals surface area contributed by atoms with Crippen molar-refractivity contribution in [2.45, 2.75) is 6.92 Å². The van der Waals surface area contributed by atoms with Gasteiger partial charge in [-0.15, -0.1) is 0 Å². The highest BCUT2D eigenvalue weighted by molar-refractivity contribution is 6.13. The molecular weight excluding hydrogens is 342 g/mol. The maximum absolute atomic E-state index is 5.75. The van der Waals surface area contributed by atoms with Gasteiger partial charge in [0.15, 0.2) is 29.2 Å². The second kappa shape index (κ2) is 6.50. The van der Waals surface area contributed by atoms with Gasteiger partial charge in [0.2, 0.25) is 11.0 Å². The fraction of sp³-hybridized carbons (Fsp3) is 0.227. The van der Waals surface area contributed by atoms with E-state index in [4.69, 9.17) is 18.9 Å². The van der Waals surface area contributed by atoms with Gasteiger partial charge in [-0.2, -0.15) is 4.40 Å². The number of rotatable bonds is 4. The molecule has 0 aliphatic carbocycles. The standard InChI is InChI=1S/C22H22NO4/c1-13-8-9-23-16-12-20(26-4)19(25-3)11-15(16)14-6-7-18(24-2)22(27-5)21(14)17(23)10-13/h6-12H,1-5H3/q+1. The third-order valence-electron chi connectivity index (χ3n) is 4.96. The fourth-order valence-corrected chi connectivity index (χ4v) is 3.70. The molecule has 0 radical (unpaired) electrons. The highest BCUT2D eigenvalue weighted by atomic mass is 16.5. The van der Waals surface area contributed by atoms with E-state index in [-0.39, 0.29) is 0 Å². The zero-order valence-electron chi connectivity index (χ0n) is 16.1. The Morgan fingerprint density at radius 1 is 0.667 bits per heavy atom. The second-order valence-electron chi connectivity index (χ2n) is 6.41. The molecule has 4 rings (SSSR count). The van der Waals surface area contributed by atoms with Crippen LogP contribution < -0.4 is 23.3 Å². The molecule has 0 unspecified atom stereocenters. The van der Waals surface area contributed by atoms with Gasteiger partial charge in [0.05, 0.1) is 39.9 Å². The number of benzene rings is 2. The maximum atomic E-state index is 5.75. The summed E-state index contributed by atoms with van der Waals surface area (Å²) in [7, 11) is 6.62. The number of hydrogen-bond donors (Lipinski definition) is 0. The number of aromatic nitrogens is 1. The Hall–Kier alpha value is -3.21. The summed E-state index contributed by atoms with van der Waals surface area (Å²) < 4.78 is 24.5. The summed E-state index contributed by atoms with van der Waals surface area (Å²) >= 11 is 0. The lowest BCUT2D eigenvalue weighted by molar-refractivity contribution is -0.480. The van der Waals surface area contributed by atoms with Crippen molar-refractivity contribution >= 4 is 27.2 Å². The van der Waals surface area contributed by atoms with Gasteiger partial charge in [0, 0.05) is 17.5 Å². The van der Waals surface area contributed by atoms with E-state index in [9.17, 15) is 0 Å². The van der Waals surface area contributed by atoms with E-state index in [1.54, 1.807) is 28.4 Å². The van der Waals surface area contributed by atoms with Gasteiger partial charge in [-0.1, -0.05) is 0 Å². The number of fused-ring (bicyclic) bond motifs is 6. The average Bonchev–Trinajstić information content (AvgIpc) is 2.71. The van der Waals surface area contributed by atoms with Gasteiger partial charge in [0.25, 0.3) is 0 Å². The van der Waals surface area contributed by atoms with Crippen LogP contribution in [0.4, 0.5) is 0 Å². The molecule has 0 fully saturated rings. The largest absolute Gasteiger partial charge is 0.493 e. The summed E-state index contributed by atoms with van der Waals surface area (Å²) in [6.45, 7) is 2.08. The quantitative estimate of drug-likeness (QED) is 0.404. The minimum absolute atomic E-state index is 0.688. The molecule has 2 aromatic heterocycles. The van der Waals surface area contributed by atoms with Gasteiger partial charge >= 0.3 is 0 Å². The summed E-state index contributed by atoms with van der Waals surface area (Å²) in [6, 6.07) is 12.3. The minimum Gasteiger partial charge on any atom is -0.493 e. The van der Waals surface area contributed by atoms with Crippen LogP contribution in [0, 0.1) is 6.92 Å². The van der Waals surface area contributed by atoms with Crippen LogP contribution in [0.1, 0.15) is 5.56 Å². The Balaban J connectivity index is 2.33. The van der Waals surface area contributed by atoms with Crippen LogP contribution in [-0.2, 0) is 0 Å². The van der Waals surface area contributed by atoms with Crippen LogP contribution >= 0.6 is 0 Å². The van der Waals surface area contributed by atoms with Crippen LogP contribution in [0.3, 0.4) is 0 Å². The van der Waals surface area contributed by atoms with Gasteiger partial charge in [0.1, 0.15) is 5.39 Å². The summed E-state index contributed by atoms with van der Waals surface area (Å²) in [5, 5.41) is 3.11. The zero-order chi connectivity index (χ0) is 19.1. The molecule has 0 spiro atoms. The van der Waals surface area contributed by atoms with E-state index in [1.165, 1.54) is 5.56 Å². The number of methoxy groups -OCH3 is 4. The van der Waals surface area contributed by atoms with Crippen LogP contribution in [0.5, 0.6) is 23.0 Å². The third kappa shape index (κ3) is 2.50. The molecule has 0 saturated heterocycles. The SMILES string of the molecule is COc1cc2c3ccc(OC)c(OC)c3c3cc(C)cc[n+]3c2cc1OC. The predicted octanol–water partition coefficient (Wildman–Crippen LogP) is 4.07. The molecule has 4 aromatic rings. The second-order valence-corrected chi connectivity index (χ2v) is 6.41. The first-order valence-electron chi connectivity index (χ1n) is 8.67. The molecule has 0 atom stereocenters. The molecule has 0 amide bonds.